The van der Waals surface area contributed by atoms with Crippen LogP contribution in [0.25, 0.3) is 43.1 Å². The van der Waals surface area contributed by atoms with Gasteiger partial charge < -0.3 is 4.74 Å². The summed E-state index contributed by atoms with van der Waals surface area (Å²) >= 11 is 14.0. The quantitative estimate of drug-likeness (QED) is 0.187. The Hall–Kier alpha value is -3.26. The molecule has 6 rings (SSSR count). The SMILES string of the molecule is CCc1c2ccccc2c(CC)c2c(Oc3c(Cl)ccc4c(CC)c5ccccc5c(CC)c34)c(Cl)ccc12. The van der Waals surface area contributed by atoms with E-state index in [1.165, 1.54) is 54.6 Å². The Labute approximate surface area is 240 Å². The third-order valence-electron chi connectivity index (χ3n) is 8.25. The Morgan fingerprint density at radius 3 is 1.10 bits per heavy atom. The lowest BCUT2D eigenvalue weighted by Crippen LogP contribution is -2.00. The molecule has 6 aromatic rings. The maximum atomic E-state index is 6.99. The van der Waals surface area contributed by atoms with Crippen molar-refractivity contribution >= 4 is 66.3 Å². The second-order valence-electron chi connectivity index (χ2n) is 10.1. The van der Waals surface area contributed by atoms with E-state index in [2.05, 4.69) is 88.4 Å². The van der Waals surface area contributed by atoms with E-state index in [4.69, 9.17) is 27.9 Å². The van der Waals surface area contributed by atoms with Gasteiger partial charge in [0.05, 0.1) is 10.0 Å². The Morgan fingerprint density at radius 2 is 0.769 bits per heavy atom. The van der Waals surface area contributed by atoms with Crippen LogP contribution in [0, 0.1) is 0 Å². The Morgan fingerprint density at radius 1 is 0.436 bits per heavy atom. The summed E-state index contributed by atoms with van der Waals surface area (Å²) in [7, 11) is 0. The highest BCUT2D eigenvalue weighted by molar-refractivity contribution is 6.35. The standard InChI is InChI=1S/C36H32Cl2O/c1-5-21-25-13-9-11-15-27(25)23(7-3)33-29(21)17-19-31(37)35(33)39-36-32(38)20-18-30-22(6-2)26-14-10-12-16-28(26)24(8-4)34(30)36/h9-20H,5-8H2,1-4H3. The van der Waals surface area contributed by atoms with Crippen LogP contribution in [0.5, 0.6) is 11.5 Å². The molecule has 0 aliphatic heterocycles. The van der Waals surface area contributed by atoms with Crippen molar-refractivity contribution in [1.29, 1.82) is 0 Å². The van der Waals surface area contributed by atoms with Gasteiger partial charge in [0.1, 0.15) is 0 Å². The normalized spacial score (nSPS) is 11.7. The van der Waals surface area contributed by atoms with E-state index in [9.17, 15) is 0 Å². The van der Waals surface area contributed by atoms with Gasteiger partial charge in [0.2, 0.25) is 0 Å². The van der Waals surface area contributed by atoms with Gasteiger partial charge >= 0.3 is 0 Å². The molecule has 0 aliphatic rings. The molecule has 0 bridgehead atoms. The van der Waals surface area contributed by atoms with Crippen molar-refractivity contribution in [3.63, 3.8) is 0 Å². The van der Waals surface area contributed by atoms with Crippen LogP contribution in [-0.4, -0.2) is 0 Å². The molecule has 6 aromatic carbocycles. The summed E-state index contributed by atoms with van der Waals surface area (Å²) < 4.78 is 6.98. The Bertz CT molecular complexity index is 1760. The maximum Gasteiger partial charge on any atom is 0.154 e. The van der Waals surface area contributed by atoms with Gasteiger partial charge in [-0.15, -0.1) is 0 Å². The van der Waals surface area contributed by atoms with Gasteiger partial charge in [-0.3, -0.25) is 0 Å². The summed E-state index contributed by atoms with van der Waals surface area (Å²) in [6.45, 7) is 8.84. The van der Waals surface area contributed by atoms with Gasteiger partial charge in [0.25, 0.3) is 0 Å². The minimum absolute atomic E-state index is 0.595. The zero-order chi connectivity index (χ0) is 27.3. The van der Waals surface area contributed by atoms with Crippen LogP contribution in [0.1, 0.15) is 49.9 Å². The van der Waals surface area contributed by atoms with Gasteiger partial charge in [-0.2, -0.15) is 0 Å². The number of hydrogen-bond acceptors (Lipinski definition) is 1. The van der Waals surface area contributed by atoms with Crippen molar-refractivity contribution in [2.24, 2.45) is 0 Å². The minimum Gasteiger partial charge on any atom is -0.453 e. The average Bonchev–Trinajstić information content (AvgIpc) is 2.97. The molecule has 0 fully saturated rings. The topological polar surface area (TPSA) is 9.23 Å². The van der Waals surface area contributed by atoms with Crippen molar-refractivity contribution in [2.75, 3.05) is 0 Å². The summed E-state index contributed by atoms with van der Waals surface area (Å²) in [6.07, 6.45) is 3.57. The van der Waals surface area contributed by atoms with E-state index in [0.717, 1.165) is 36.5 Å². The first kappa shape index (κ1) is 26.0. The Kier molecular flexibility index (Phi) is 6.91. The number of hydrogen-bond donors (Lipinski definition) is 0. The molecule has 0 atom stereocenters. The molecule has 39 heavy (non-hydrogen) atoms. The lowest BCUT2D eigenvalue weighted by atomic mass is 9.88. The molecule has 0 aliphatic carbocycles. The van der Waals surface area contributed by atoms with Crippen LogP contribution >= 0.6 is 23.2 Å². The third kappa shape index (κ3) is 3.98. The maximum absolute atomic E-state index is 6.99. The molecule has 196 valence electrons. The van der Waals surface area contributed by atoms with Crippen molar-refractivity contribution in [3.8, 4) is 11.5 Å². The first-order chi connectivity index (χ1) is 19.0. The molecule has 0 saturated heterocycles. The highest BCUT2D eigenvalue weighted by Crippen LogP contribution is 2.48. The Balaban J connectivity index is 1.74. The second-order valence-corrected chi connectivity index (χ2v) is 10.9. The lowest BCUT2D eigenvalue weighted by Gasteiger charge is -2.22. The molecule has 0 N–H and O–H groups in total. The van der Waals surface area contributed by atoms with E-state index >= 15 is 0 Å². The molecule has 0 saturated carbocycles. The largest absolute Gasteiger partial charge is 0.453 e. The van der Waals surface area contributed by atoms with E-state index < -0.39 is 0 Å². The first-order valence-corrected chi connectivity index (χ1v) is 14.8. The minimum atomic E-state index is 0.595. The number of rotatable bonds is 6. The van der Waals surface area contributed by atoms with E-state index in [1.54, 1.807) is 0 Å². The summed E-state index contributed by atoms with van der Waals surface area (Å²) in [5.74, 6) is 1.38. The van der Waals surface area contributed by atoms with Crippen LogP contribution in [-0.2, 0) is 25.7 Å². The molecule has 0 amide bonds. The molecule has 0 radical (unpaired) electrons. The van der Waals surface area contributed by atoms with E-state index in [1.807, 2.05) is 12.1 Å². The van der Waals surface area contributed by atoms with E-state index in [-0.39, 0.29) is 0 Å². The molecule has 3 heteroatoms. The van der Waals surface area contributed by atoms with Crippen LogP contribution in [0.15, 0.2) is 72.8 Å². The fraction of sp³-hybridized carbons (Fsp3) is 0.222. The summed E-state index contributed by atoms with van der Waals surface area (Å²) in [4.78, 5) is 0. The number of benzene rings is 6. The van der Waals surface area contributed by atoms with Gasteiger partial charge in [-0.05, 0) is 92.4 Å². The fourth-order valence-electron chi connectivity index (χ4n) is 6.59. The zero-order valence-corrected chi connectivity index (χ0v) is 24.4. The lowest BCUT2D eigenvalue weighted by molar-refractivity contribution is 0.494. The highest BCUT2D eigenvalue weighted by atomic mass is 35.5. The molecule has 0 unspecified atom stereocenters. The van der Waals surface area contributed by atoms with Crippen molar-refractivity contribution in [1.82, 2.24) is 0 Å². The highest BCUT2D eigenvalue weighted by Gasteiger charge is 2.22. The average molecular weight is 552 g/mol. The van der Waals surface area contributed by atoms with Gasteiger partial charge in [-0.25, -0.2) is 0 Å². The van der Waals surface area contributed by atoms with Gasteiger partial charge in [0, 0.05) is 10.8 Å². The number of halogens is 2. The van der Waals surface area contributed by atoms with Crippen molar-refractivity contribution < 1.29 is 4.74 Å². The van der Waals surface area contributed by atoms with Gasteiger partial charge in [0.15, 0.2) is 11.5 Å². The van der Waals surface area contributed by atoms with Crippen LogP contribution in [0.3, 0.4) is 0 Å². The predicted molar refractivity (Wildman–Crippen MR) is 171 cm³/mol. The molecule has 0 aromatic heterocycles. The monoisotopic (exact) mass is 550 g/mol. The number of aryl methyl sites for hydroxylation is 4. The molecular weight excluding hydrogens is 519 g/mol. The predicted octanol–water partition coefficient (Wildman–Crippen LogP) is 11.6. The molecule has 0 heterocycles. The summed E-state index contributed by atoms with van der Waals surface area (Å²) in [5.41, 5.74) is 5.14. The fourth-order valence-corrected chi connectivity index (χ4v) is 6.99. The van der Waals surface area contributed by atoms with Crippen LogP contribution in [0.2, 0.25) is 10.0 Å². The van der Waals surface area contributed by atoms with Crippen molar-refractivity contribution in [2.45, 2.75) is 53.4 Å². The molecular formula is C36H32Cl2O. The zero-order valence-electron chi connectivity index (χ0n) is 22.9. The first-order valence-electron chi connectivity index (χ1n) is 14.0. The van der Waals surface area contributed by atoms with Crippen LogP contribution < -0.4 is 4.74 Å². The van der Waals surface area contributed by atoms with Crippen LogP contribution in [0.4, 0.5) is 0 Å². The van der Waals surface area contributed by atoms with Crippen molar-refractivity contribution in [3.05, 3.63) is 105 Å². The number of fused-ring (bicyclic) bond motifs is 4. The second kappa shape index (κ2) is 10.4. The van der Waals surface area contributed by atoms with E-state index in [0.29, 0.717) is 21.5 Å². The third-order valence-corrected chi connectivity index (χ3v) is 8.84. The summed E-state index contributed by atoms with van der Waals surface area (Å²) in [6, 6.07) is 25.6. The number of ether oxygens (including phenoxy) is 1. The van der Waals surface area contributed by atoms with Gasteiger partial charge in [-0.1, -0.05) is 112 Å². The molecule has 0 spiro atoms. The smallest absolute Gasteiger partial charge is 0.154 e. The molecule has 1 nitrogen and oxygen atoms in total. The summed E-state index contributed by atoms with van der Waals surface area (Å²) in [5, 5.41) is 10.9.